The number of imide groups is 2. The van der Waals surface area contributed by atoms with Gasteiger partial charge in [-0.2, -0.15) is 0 Å². The van der Waals surface area contributed by atoms with E-state index in [1.807, 2.05) is 31.7 Å². The summed E-state index contributed by atoms with van der Waals surface area (Å²) in [5.74, 6) is -1.35. The van der Waals surface area contributed by atoms with E-state index in [1.54, 1.807) is 12.1 Å². The summed E-state index contributed by atoms with van der Waals surface area (Å²) < 4.78 is 5.52. The normalized spacial score (nSPS) is 25.0. The number of anilines is 1. The van der Waals surface area contributed by atoms with Gasteiger partial charge in [-0.3, -0.25) is 29.4 Å². The molecule has 0 aliphatic carbocycles. The van der Waals surface area contributed by atoms with Crippen LogP contribution in [0.1, 0.15) is 73.6 Å². The van der Waals surface area contributed by atoms with E-state index in [9.17, 15) is 24.0 Å². The maximum absolute atomic E-state index is 13.2. The van der Waals surface area contributed by atoms with E-state index < -0.39 is 29.4 Å². The highest BCUT2D eigenvalue weighted by Gasteiger charge is 2.49. The minimum Gasteiger partial charge on any atom is -0.444 e. The quantitative estimate of drug-likeness (QED) is 0.553. The van der Waals surface area contributed by atoms with Crippen LogP contribution in [-0.4, -0.2) is 102 Å². The molecular formula is C30H39N5O6. The summed E-state index contributed by atoms with van der Waals surface area (Å²) in [5.41, 5.74) is 1.31. The molecule has 1 unspecified atom stereocenters. The molecule has 4 fully saturated rings. The van der Waals surface area contributed by atoms with Crippen molar-refractivity contribution in [2.75, 3.05) is 50.7 Å². The van der Waals surface area contributed by atoms with Gasteiger partial charge in [-0.1, -0.05) is 0 Å². The van der Waals surface area contributed by atoms with E-state index in [0.29, 0.717) is 17.0 Å². The minimum absolute atomic E-state index is 0.104. The molecule has 6 rings (SSSR count). The predicted molar refractivity (Wildman–Crippen MR) is 149 cm³/mol. The minimum atomic E-state index is -0.955. The number of hydrogen-bond donors (Lipinski definition) is 1. The van der Waals surface area contributed by atoms with Crippen molar-refractivity contribution in [1.29, 1.82) is 0 Å². The number of hydrogen-bond acceptors (Lipinski definition) is 8. The Morgan fingerprint density at radius 3 is 2.37 bits per heavy atom. The monoisotopic (exact) mass is 565 g/mol. The van der Waals surface area contributed by atoms with E-state index in [-0.39, 0.29) is 30.3 Å². The molecule has 1 atom stereocenters. The smallest absolute Gasteiger partial charge is 0.410 e. The summed E-state index contributed by atoms with van der Waals surface area (Å²) >= 11 is 0. The van der Waals surface area contributed by atoms with E-state index in [2.05, 4.69) is 15.1 Å². The van der Waals surface area contributed by atoms with Crippen LogP contribution in [0.25, 0.3) is 0 Å². The zero-order valence-electron chi connectivity index (χ0n) is 24.1. The lowest BCUT2D eigenvalue weighted by Crippen LogP contribution is -2.59. The third kappa shape index (κ3) is 5.31. The lowest BCUT2D eigenvalue weighted by atomic mass is 9.78. The van der Waals surface area contributed by atoms with E-state index in [0.717, 1.165) is 75.7 Å². The first kappa shape index (κ1) is 27.7. The van der Waals surface area contributed by atoms with Crippen molar-refractivity contribution in [2.24, 2.45) is 11.3 Å². The first-order valence-corrected chi connectivity index (χ1v) is 14.7. The van der Waals surface area contributed by atoms with Crippen molar-refractivity contribution in [3.63, 3.8) is 0 Å². The lowest BCUT2D eigenvalue weighted by molar-refractivity contribution is -0.136. The van der Waals surface area contributed by atoms with Crippen LogP contribution >= 0.6 is 0 Å². The Hall–Kier alpha value is -3.47. The number of carbonyl (C=O) groups excluding carboxylic acids is 5. The Labute approximate surface area is 240 Å². The summed E-state index contributed by atoms with van der Waals surface area (Å²) in [4.78, 5) is 70.2. The van der Waals surface area contributed by atoms with Gasteiger partial charge in [0.25, 0.3) is 11.8 Å². The Morgan fingerprint density at radius 2 is 1.68 bits per heavy atom. The zero-order valence-corrected chi connectivity index (χ0v) is 24.1. The summed E-state index contributed by atoms with van der Waals surface area (Å²) in [6.07, 6.45) is 3.10. The molecular weight excluding hydrogens is 526 g/mol. The molecule has 5 aliphatic heterocycles. The Balaban J connectivity index is 1.01. The molecule has 5 heterocycles. The molecule has 5 aliphatic rings. The number of likely N-dealkylation sites (tertiary alicyclic amines) is 2. The molecule has 0 bridgehead atoms. The van der Waals surface area contributed by atoms with Gasteiger partial charge in [0.05, 0.1) is 11.1 Å². The molecule has 11 heteroatoms. The number of nitrogens with zero attached hydrogens (tertiary/aromatic N) is 4. The van der Waals surface area contributed by atoms with Gasteiger partial charge < -0.3 is 19.4 Å². The van der Waals surface area contributed by atoms with E-state index in [1.165, 1.54) is 0 Å². The van der Waals surface area contributed by atoms with Gasteiger partial charge in [-0.15, -0.1) is 0 Å². The lowest BCUT2D eigenvalue weighted by Gasteiger charge is -2.50. The molecule has 0 saturated carbocycles. The molecule has 41 heavy (non-hydrogen) atoms. The Bertz CT molecular complexity index is 1290. The largest absolute Gasteiger partial charge is 0.444 e. The van der Waals surface area contributed by atoms with Crippen molar-refractivity contribution >= 4 is 35.4 Å². The SMILES string of the molecule is CC(C)(C)OC(=O)N1CCC(CN2CC3(CCN(c4ccc5c(c4)C(=O)N(C4CCC(=O)NC4=O)C5=O)C3)C2)CC1. The number of rotatable bonds is 4. The van der Waals surface area contributed by atoms with Crippen LogP contribution in [0.15, 0.2) is 18.2 Å². The van der Waals surface area contributed by atoms with Crippen LogP contribution in [0.2, 0.25) is 0 Å². The molecule has 4 saturated heterocycles. The van der Waals surface area contributed by atoms with Crippen molar-refractivity contribution in [3.8, 4) is 0 Å². The molecule has 1 aromatic carbocycles. The maximum Gasteiger partial charge on any atom is 0.410 e. The summed E-state index contributed by atoms with van der Waals surface area (Å²) in [7, 11) is 0. The number of fused-ring (bicyclic) bond motifs is 1. The van der Waals surface area contributed by atoms with E-state index in [4.69, 9.17) is 4.74 Å². The number of piperidine rings is 2. The van der Waals surface area contributed by atoms with Crippen molar-refractivity contribution in [2.45, 2.75) is 64.5 Å². The summed E-state index contributed by atoms with van der Waals surface area (Å²) in [6.45, 7) is 12.1. The second-order valence-corrected chi connectivity index (χ2v) is 13.4. The molecule has 5 amide bonds. The van der Waals surface area contributed by atoms with Gasteiger partial charge in [-0.05, 0) is 70.6 Å². The van der Waals surface area contributed by atoms with Crippen molar-refractivity contribution < 1.29 is 28.7 Å². The van der Waals surface area contributed by atoms with Gasteiger partial charge >= 0.3 is 6.09 Å². The van der Waals surface area contributed by atoms with Gasteiger partial charge in [-0.25, -0.2) is 4.79 Å². The van der Waals surface area contributed by atoms with Gasteiger partial charge in [0.2, 0.25) is 11.8 Å². The second-order valence-electron chi connectivity index (χ2n) is 13.4. The Kier molecular flexibility index (Phi) is 6.83. The molecule has 0 radical (unpaired) electrons. The molecule has 11 nitrogen and oxygen atoms in total. The van der Waals surface area contributed by atoms with Crippen LogP contribution in [-0.2, 0) is 14.3 Å². The number of nitrogens with one attached hydrogen (secondary N) is 1. The van der Waals surface area contributed by atoms with Crippen LogP contribution in [0, 0.1) is 11.3 Å². The van der Waals surface area contributed by atoms with Crippen LogP contribution in [0.3, 0.4) is 0 Å². The fraction of sp³-hybridized carbons (Fsp3) is 0.633. The number of ether oxygens (including phenoxy) is 1. The summed E-state index contributed by atoms with van der Waals surface area (Å²) in [6, 6.07) is 4.42. The maximum atomic E-state index is 13.2. The average Bonchev–Trinajstić information content (AvgIpc) is 3.43. The third-order valence-electron chi connectivity index (χ3n) is 9.13. The molecule has 1 spiro atoms. The average molecular weight is 566 g/mol. The summed E-state index contributed by atoms with van der Waals surface area (Å²) in [5, 5.41) is 2.24. The highest BCUT2D eigenvalue weighted by Crippen LogP contribution is 2.42. The van der Waals surface area contributed by atoms with Gasteiger partial charge in [0.1, 0.15) is 11.6 Å². The number of amides is 5. The molecule has 0 aromatic heterocycles. The van der Waals surface area contributed by atoms with Crippen LogP contribution in [0.4, 0.5) is 10.5 Å². The highest BCUT2D eigenvalue weighted by molar-refractivity contribution is 6.23. The Morgan fingerprint density at radius 1 is 0.976 bits per heavy atom. The van der Waals surface area contributed by atoms with Crippen LogP contribution < -0.4 is 10.2 Å². The van der Waals surface area contributed by atoms with E-state index >= 15 is 0 Å². The molecule has 1 N–H and O–H groups in total. The van der Waals surface area contributed by atoms with Gasteiger partial charge in [0.15, 0.2) is 0 Å². The van der Waals surface area contributed by atoms with Gasteiger partial charge in [0, 0.05) is 63.3 Å². The zero-order chi connectivity index (χ0) is 29.1. The second kappa shape index (κ2) is 10.1. The molecule has 1 aromatic rings. The first-order valence-electron chi connectivity index (χ1n) is 14.7. The fourth-order valence-electron chi connectivity index (χ4n) is 7.09. The molecule has 220 valence electrons. The first-order chi connectivity index (χ1) is 19.4. The predicted octanol–water partition coefficient (Wildman–Crippen LogP) is 2.25. The van der Waals surface area contributed by atoms with Crippen molar-refractivity contribution in [1.82, 2.24) is 20.0 Å². The number of benzene rings is 1. The van der Waals surface area contributed by atoms with Crippen LogP contribution in [0.5, 0.6) is 0 Å². The standard InChI is InChI=1S/C30H39N5O6/c1-29(2,3)41-28(40)33-11-8-19(9-12-33)15-32-16-30(17-32)10-13-34(18-30)20-4-5-21-22(14-20)27(39)35(26(21)38)23-6-7-24(36)31-25(23)37/h4-5,14,19,23H,6-13,15-18H2,1-3H3,(H,31,36,37). The number of carbonyl (C=O) groups is 5. The topological polar surface area (TPSA) is 120 Å². The fourth-order valence-corrected chi connectivity index (χ4v) is 7.09. The van der Waals surface area contributed by atoms with Crippen molar-refractivity contribution in [3.05, 3.63) is 29.3 Å². The highest BCUT2D eigenvalue weighted by atomic mass is 16.6. The third-order valence-corrected chi connectivity index (χ3v) is 9.13.